The van der Waals surface area contributed by atoms with E-state index in [2.05, 4.69) is 0 Å². The zero-order valence-electron chi connectivity index (χ0n) is 19.3. The van der Waals surface area contributed by atoms with Gasteiger partial charge in [0.25, 0.3) is 0 Å². The Bertz CT molecular complexity index is 1140. The summed E-state index contributed by atoms with van der Waals surface area (Å²) in [6.45, 7) is 9.04. The molecule has 1 aromatic heterocycles. The molecule has 32 heavy (non-hydrogen) atoms. The third kappa shape index (κ3) is 4.85. The molecule has 0 saturated carbocycles. The third-order valence-corrected chi connectivity index (χ3v) is 5.18. The van der Waals surface area contributed by atoms with Gasteiger partial charge < -0.3 is 19.1 Å². The van der Waals surface area contributed by atoms with Crippen molar-refractivity contribution in [1.29, 1.82) is 0 Å². The van der Waals surface area contributed by atoms with Crippen molar-refractivity contribution >= 4 is 11.9 Å². The molecule has 0 bridgehead atoms. The lowest BCUT2D eigenvalue weighted by atomic mass is 10.1. The Kier molecular flexibility index (Phi) is 6.44. The lowest BCUT2D eigenvalue weighted by Crippen LogP contribution is -2.24. The summed E-state index contributed by atoms with van der Waals surface area (Å²) in [7, 11) is 1.61. The van der Waals surface area contributed by atoms with Crippen LogP contribution in [0.4, 0.5) is 0 Å². The summed E-state index contributed by atoms with van der Waals surface area (Å²) in [6, 6.07) is 16.7. The van der Waals surface area contributed by atoms with Crippen LogP contribution in [0.25, 0.3) is 16.9 Å². The second-order valence-electron chi connectivity index (χ2n) is 8.77. The lowest BCUT2D eigenvalue weighted by Gasteiger charge is -2.21. The third-order valence-electron chi connectivity index (χ3n) is 5.18. The molecule has 0 aliphatic rings. The molecule has 0 spiro atoms. The van der Waals surface area contributed by atoms with Crippen molar-refractivity contribution in [3.05, 3.63) is 71.4 Å². The van der Waals surface area contributed by atoms with Crippen molar-refractivity contribution in [2.45, 2.75) is 46.1 Å². The fourth-order valence-electron chi connectivity index (χ4n) is 3.54. The highest BCUT2D eigenvalue weighted by Gasteiger charge is 2.23. The highest BCUT2D eigenvalue weighted by atomic mass is 16.6. The first-order valence-electron chi connectivity index (χ1n) is 10.4. The number of aliphatic carboxylic acids is 1. The summed E-state index contributed by atoms with van der Waals surface area (Å²) in [6.07, 6.45) is 0. The minimum Gasteiger partial charge on any atom is -0.497 e. The standard InChI is InChI=1S/C26H29NO5/c1-16-15-19(25(30)32-26(3,4)5)9-12-21(16)27-22(17(2)24(28)29)13-14-23(27)18-7-10-20(31-6)11-8-18/h7-15,17H,1-6H3,(H,28,29). The first-order chi connectivity index (χ1) is 15.0. The molecule has 1 heterocycles. The van der Waals surface area contributed by atoms with Gasteiger partial charge in [-0.3, -0.25) is 4.79 Å². The van der Waals surface area contributed by atoms with E-state index < -0.39 is 23.5 Å². The molecular weight excluding hydrogens is 406 g/mol. The number of esters is 1. The van der Waals surface area contributed by atoms with Crippen molar-refractivity contribution in [2.24, 2.45) is 0 Å². The molecule has 6 heteroatoms. The van der Waals surface area contributed by atoms with E-state index in [1.807, 2.05) is 74.7 Å². The number of carbonyl (C=O) groups excluding carboxylic acids is 1. The van der Waals surface area contributed by atoms with E-state index in [9.17, 15) is 14.7 Å². The first kappa shape index (κ1) is 23.1. The largest absolute Gasteiger partial charge is 0.497 e. The average molecular weight is 436 g/mol. The van der Waals surface area contributed by atoms with Gasteiger partial charge in [-0.15, -0.1) is 0 Å². The number of aryl methyl sites for hydroxylation is 1. The molecule has 0 radical (unpaired) electrons. The Hall–Kier alpha value is -3.54. The zero-order valence-corrected chi connectivity index (χ0v) is 19.3. The molecule has 0 saturated heterocycles. The van der Waals surface area contributed by atoms with Crippen molar-refractivity contribution in [3.8, 4) is 22.7 Å². The number of ether oxygens (including phenoxy) is 2. The molecule has 0 fully saturated rings. The molecule has 1 N–H and O–H groups in total. The Balaban J connectivity index is 2.13. The van der Waals surface area contributed by atoms with Gasteiger partial charge in [-0.05, 0) is 100 Å². The van der Waals surface area contributed by atoms with Crippen LogP contribution in [0.5, 0.6) is 5.75 Å². The smallest absolute Gasteiger partial charge is 0.338 e. The van der Waals surface area contributed by atoms with E-state index >= 15 is 0 Å². The van der Waals surface area contributed by atoms with Crippen LogP contribution in [0.1, 0.15) is 55.2 Å². The van der Waals surface area contributed by atoms with Crippen molar-refractivity contribution in [3.63, 3.8) is 0 Å². The zero-order chi connectivity index (χ0) is 23.6. The molecule has 1 atom stereocenters. The number of rotatable bonds is 6. The van der Waals surface area contributed by atoms with E-state index in [0.29, 0.717) is 11.3 Å². The Morgan fingerprint density at radius 2 is 1.66 bits per heavy atom. The number of hydrogen-bond acceptors (Lipinski definition) is 4. The van der Waals surface area contributed by atoms with Crippen LogP contribution in [-0.2, 0) is 9.53 Å². The number of carboxylic acid groups (broad SMARTS) is 1. The molecule has 3 rings (SSSR count). The van der Waals surface area contributed by atoms with Crippen LogP contribution >= 0.6 is 0 Å². The first-order valence-corrected chi connectivity index (χ1v) is 10.4. The second-order valence-corrected chi connectivity index (χ2v) is 8.77. The molecule has 6 nitrogen and oxygen atoms in total. The van der Waals surface area contributed by atoms with Gasteiger partial charge >= 0.3 is 11.9 Å². The summed E-state index contributed by atoms with van der Waals surface area (Å²) < 4.78 is 12.7. The maximum Gasteiger partial charge on any atom is 0.338 e. The lowest BCUT2D eigenvalue weighted by molar-refractivity contribution is -0.138. The molecule has 0 amide bonds. The SMILES string of the molecule is COc1ccc(-c2ccc(C(C)C(=O)O)n2-c2ccc(C(=O)OC(C)(C)C)cc2C)cc1. The summed E-state index contributed by atoms with van der Waals surface area (Å²) in [5, 5.41) is 9.66. The minimum atomic E-state index is -0.909. The number of hydrogen-bond donors (Lipinski definition) is 1. The molecule has 1 unspecified atom stereocenters. The highest BCUT2D eigenvalue weighted by Crippen LogP contribution is 2.33. The van der Waals surface area contributed by atoms with Gasteiger partial charge in [0.1, 0.15) is 11.4 Å². The molecule has 168 valence electrons. The Morgan fingerprint density at radius 3 is 2.19 bits per heavy atom. The monoisotopic (exact) mass is 435 g/mol. The second kappa shape index (κ2) is 8.91. The number of carbonyl (C=O) groups is 2. The van der Waals surface area contributed by atoms with Crippen LogP contribution in [0.15, 0.2) is 54.6 Å². The number of benzene rings is 2. The van der Waals surface area contributed by atoms with Gasteiger partial charge in [-0.1, -0.05) is 0 Å². The molecule has 2 aromatic carbocycles. The average Bonchev–Trinajstić information content (AvgIpc) is 3.16. The summed E-state index contributed by atoms with van der Waals surface area (Å²) in [5.41, 5.74) is 3.92. The number of carboxylic acids is 1. The summed E-state index contributed by atoms with van der Waals surface area (Å²) in [5.74, 6) is -1.28. The van der Waals surface area contributed by atoms with E-state index in [1.165, 1.54) is 0 Å². The van der Waals surface area contributed by atoms with Gasteiger partial charge in [-0.2, -0.15) is 0 Å². The van der Waals surface area contributed by atoms with Gasteiger partial charge in [0.05, 0.1) is 24.3 Å². The van der Waals surface area contributed by atoms with Crippen molar-refractivity contribution < 1.29 is 24.2 Å². The van der Waals surface area contributed by atoms with Crippen LogP contribution in [0.3, 0.4) is 0 Å². The maximum absolute atomic E-state index is 12.5. The molecule has 3 aromatic rings. The number of methoxy groups -OCH3 is 1. The van der Waals surface area contributed by atoms with E-state index in [1.54, 1.807) is 26.2 Å². The Labute approximate surface area is 188 Å². The Morgan fingerprint density at radius 1 is 1.00 bits per heavy atom. The topological polar surface area (TPSA) is 77.8 Å². The quantitative estimate of drug-likeness (QED) is 0.510. The van der Waals surface area contributed by atoms with E-state index in [0.717, 1.165) is 28.3 Å². The van der Waals surface area contributed by atoms with Crippen molar-refractivity contribution in [2.75, 3.05) is 7.11 Å². The van der Waals surface area contributed by atoms with Crippen LogP contribution in [-0.4, -0.2) is 34.3 Å². The molecule has 0 aliphatic carbocycles. The molecular formula is C26H29NO5. The van der Waals surface area contributed by atoms with Crippen LogP contribution in [0.2, 0.25) is 0 Å². The predicted octanol–water partition coefficient (Wildman–Crippen LogP) is 5.60. The van der Waals surface area contributed by atoms with Gasteiger partial charge in [0.2, 0.25) is 0 Å². The van der Waals surface area contributed by atoms with Crippen molar-refractivity contribution in [1.82, 2.24) is 4.57 Å². The predicted molar refractivity (Wildman–Crippen MR) is 124 cm³/mol. The fraction of sp³-hybridized carbons (Fsp3) is 0.308. The van der Waals surface area contributed by atoms with E-state index in [4.69, 9.17) is 9.47 Å². The highest BCUT2D eigenvalue weighted by molar-refractivity contribution is 5.90. The summed E-state index contributed by atoms with van der Waals surface area (Å²) >= 11 is 0. The summed E-state index contributed by atoms with van der Waals surface area (Å²) in [4.78, 5) is 24.3. The number of aromatic nitrogens is 1. The van der Waals surface area contributed by atoms with Gasteiger partial charge in [0.15, 0.2) is 0 Å². The van der Waals surface area contributed by atoms with Crippen LogP contribution in [0, 0.1) is 6.92 Å². The normalized spacial score (nSPS) is 12.3. The van der Waals surface area contributed by atoms with Gasteiger partial charge in [-0.25, -0.2) is 4.79 Å². The number of nitrogens with zero attached hydrogens (tertiary/aromatic N) is 1. The fourth-order valence-corrected chi connectivity index (χ4v) is 3.54. The minimum absolute atomic E-state index is 0.394. The molecule has 0 aliphatic heterocycles. The van der Waals surface area contributed by atoms with Crippen LogP contribution < -0.4 is 4.74 Å². The van der Waals surface area contributed by atoms with Gasteiger partial charge in [0, 0.05) is 11.4 Å². The van der Waals surface area contributed by atoms with E-state index in [-0.39, 0.29) is 0 Å². The maximum atomic E-state index is 12.5.